The Morgan fingerprint density at radius 1 is 1.37 bits per heavy atom. The molecule has 1 atom stereocenters. The highest BCUT2D eigenvalue weighted by atomic mass is 32.1. The molecule has 1 aromatic heterocycles. The minimum atomic E-state index is -0.579. The van der Waals surface area contributed by atoms with Gasteiger partial charge in [0.1, 0.15) is 0 Å². The van der Waals surface area contributed by atoms with E-state index in [9.17, 15) is 9.90 Å². The third kappa shape index (κ3) is 4.96. The number of thiophene rings is 1. The van der Waals surface area contributed by atoms with Gasteiger partial charge in [0, 0.05) is 13.0 Å². The van der Waals surface area contributed by atoms with Gasteiger partial charge in [0.05, 0.1) is 6.10 Å². The molecule has 106 valence electrons. The molecule has 0 saturated heterocycles. The molecular weight excluding hydrogens is 258 g/mol. The fourth-order valence-electron chi connectivity index (χ4n) is 2.70. The fourth-order valence-corrected chi connectivity index (χ4v) is 3.40. The van der Waals surface area contributed by atoms with Crippen molar-refractivity contribution in [3.05, 3.63) is 22.4 Å². The maximum Gasteiger partial charge on any atom is 0.220 e. The average Bonchev–Trinajstić information content (AvgIpc) is 2.82. The van der Waals surface area contributed by atoms with Gasteiger partial charge < -0.3 is 10.4 Å². The van der Waals surface area contributed by atoms with E-state index in [-0.39, 0.29) is 5.91 Å². The van der Waals surface area contributed by atoms with Crippen molar-refractivity contribution in [2.75, 3.05) is 6.54 Å². The Bertz CT molecular complexity index is 370. The molecular formula is C15H23NO2S. The first-order chi connectivity index (χ1) is 9.25. The van der Waals surface area contributed by atoms with Gasteiger partial charge in [0.2, 0.25) is 5.91 Å². The Morgan fingerprint density at radius 3 is 2.74 bits per heavy atom. The molecule has 0 spiro atoms. The molecule has 0 aromatic carbocycles. The van der Waals surface area contributed by atoms with Gasteiger partial charge in [-0.2, -0.15) is 11.3 Å². The standard InChI is InChI=1S/C15H23NO2S/c17-14(13-7-8-19-11-13)10-16-15(18)9-12-5-3-1-2-4-6-12/h7-8,11-12,14,17H,1-6,9-10H2,(H,16,18). The summed E-state index contributed by atoms with van der Waals surface area (Å²) in [6, 6.07) is 1.90. The van der Waals surface area contributed by atoms with Gasteiger partial charge in [0.25, 0.3) is 0 Å². The monoisotopic (exact) mass is 281 g/mol. The number of carbonyl (C=O) groups excluding carboxylic acids is 1. The van der Waals surface area contributed by atoms with Crippen LogP contribution in [-0.4, -0.2) is 17.6 Å². The number of carbonyl (C=O) groups is 1. The third-order valence-electron chi connectivity index (χ3n) is 3.87. The van der Waals surface area contributed by atoms with Crippen LogP contribution in [0.15, 0.2) is 16.8 Å². The van der Waals surface area contributed by atoms with Gasteiger partial charge in [-0.1, -0.05) is 25.7 Å². The Morgan fingerprint density at radius 2 is 2.11 bits per heavy atom. The van der Waals surface area contributed by atoms with E-state index < -0.39 is 6.10 Å². The molecule has 1 amide bonds. The van der Waals surface area contributed by atoms with Crippen molar-refractivity contribution in [2.45, 2.75) is 51.0 Å². The topological polar surface area (TPSA) is 49.3 Å². The summed E-state index contributed by atoms with van der Waals surface area (Å²) >= 11 is 1.56. The second kappa shape index (κ2) is 7.65. The zero-order valence-corrected chi connectivity index (χ0v) is 12.1. The first kappa shape index (κ1) is 14.5. The lowest BCUT2D eigenvalue weighted by Crippen LogP contribution is -2.29. The van der Waals surface area contributed by atoms with Gasteiger partial charge in [0.15, 0.2) is 0 Å². The van der Waals surface area contributed by atoms with E-state index in [0.717, 1.165) is 5.56 Å². The molecule has 2 rings (SSSR count). The minimum Gasteiger partial charge on any atom is -0.387 e. The number of aliphatic hydroxyl groups is 1. The molecule has 1 fully saturated rings. The van der Waals surface area contributed by atoms with Crippen LogP contribution in [0.3, 0.4) is 0 Å². The summed E-state index contributed by atoms with van der Waals surface area (Å²) < 4.78 is 0. The Kier molecular flexibility index (Phi) is 5.86. The van der Waals surface area contributed by atoms with Crippen LogP contribution in [0.1, 0.15) is 56.6 Å². The molecule has 4 heteroatoms. The lowest BCUT2D eigenvalue weighted by molar-refractivity contribution is -0.122. The summed E-state index contributed by atoms with van der Waals surface area (Å²) in [5, 5.41) is 16.6. The van der Waals surface area contributed by atoms with Crippen LogP contribution in [0.4, 0.5) is 0 Å². The summed E-state index contributed by atoms with van der Waals surface area (Å²) in [4.78, 5) is 11.9. The Labute approximate surface area is 119 Å². The van der Waals surface area contributed by atoms with Gasteiger partial charge in [-0.05, 0) is 41.1 Å². The molecule has 19 heavy (non-hydrogen) atoms. The van der Waals surface area contributed by atoms with Crippen molar-refractivity contribution in [1.82, 2.24) is 5.32 Å². The van der Waals surface area contributed by atoms with Crippen LogP contribution in [0.25, 0.3) is 0 Å². The zero-order chi connectivity index (χ0) is 13.5. The van der Waals surface area contributed by atoms with Gasteiger partial charge in [-0.15, -0.1) is 0 Å². The van der Waals surface area contributed by atoms with E-state index in [4.69, 9.17) is 0 Å². The highest BCUT2D eigenvalue weighted by Gasteiger charge is 2.17. The van der Waals surface area contributed by atoms with Crippen LogP contribution in [0.5, 0.6) is 0 Å². The Balaban J connectivity index is 1.69. The van der Waals surface area contributed by atoms with Gasteiger partial charge in [-0.25, -0.2) is 0 Å². The second-order valence-corrected chi connectivity index (χ2v) is 6.22. The first-order valence-corrected chi connectivity index (χ1v) is 8.17. The van der Waals surface area contributed by atoms with Crippen molar-refractivity contribution in [2.24, 2.45) is 5.92 Å². The molecule has 1 saturated carbocycles. The predicted octanol–water partition coefficient (Wildman–Crippen LogP) is 3.26. The average molecular weight is 281 g/mol. The van der Waals surface area contributed by atoms with Crippen molar-refractivity contribution in [3.63, 3.8) is 0 Å². The number of rotatable bonds is 5. The van der Waals surface area contributed by atoms with E-state index >= 15 is 0 Å². The molecule has 2 N–H and O–H groups in total. The summed E-state index contributed by atoms with van der Waals surface area (Å²) in [6.45, 7) is 0.322. The second-order valence-electron chi connectivity index (χ2n) is 5.44. The number of aliphatic hydroxyl groups excluding tert-OH is 1. The van der Waals surface area contributed by atoms with Crippen LogP contribution < -0.4 is 5.32 Å². The first-order valence-electron chi connectivity index (χ1n) is 7.22. The van der Waals surface area contributed by atoms with E-state index in [2.05, 4.69) is 5.32 Å². The summed E-state index contributed by atoms with van der Waals surface area (Å²) in [6.07, 6.45) is 7.55. The van der Waals surface area contributed by atoms with Gasteiger partial charge >= 0.3 is 0 Å². The number of amides is 1. The fraction of sp³-hybridized carbons (Fsp3) is 0.667. The highest BCUT2D eigenvalue weighted by Crippen LogP contribution is 2.25. The number of hydrogen-bond acceptors (Lipinski definition) is 3. The maximum absolute atomic E-state index is 11.9. The molecule has 1 aliphatic rings. The van der Waals surface area contributed by atoms with E-state index in [1.54, 1.807) is 11.3 Å². The van der Waals surface area contributed by atoms with E-state index in [0.29, 0.717) is 18.9 Å². The normalized spacial score (nSPS) is 18.8. The van der Waals surface area contributed by atoms with Crippen molar-refractivity contribution in [3.8, 4) is 0 Å². The lowest BCUT2D eigenvalue weighted by atomic mass is 9.96. The third-order valence-corrected chi connectivity index (χ3v) is 4.57. The van der Waals surface area contributed by atoms with Crippen LogP contribution in [0, 0.1) is 5.92 Å². The smallest absolute Gasteiger partial charge is 0.220 e. The van der Waals surface area contributed by atoms with E-state index in [1.807, 2.05) is 16.8 Å². The molecule has 1 aliphatic carbocycles. The SMILES string of the molecule is O=C(CC1CCCCCC1)NCC(O)c1ccsc1. The van der Waals surface area contributed by atoms with Crippen LogP contribution in [0.2, 0.25) is 0 Å². The molecule has 0 radical (unpaired) electrons. The molecule has 1 aromatic rings. The lowest BCUT2D eigenvalue weighted by Gasteiger charge is -2.15. The molecule has 1 heterocycles. The molecule has 0 bridgehead atoms. The van der Waals surface area contributed by atoms with Crippen LogP contribution in [-0.2, 0) is 4.79 Å². The van der Waals surface area contributed by atoms with Crippen molar-refractivity contribution >= 4 is 17.2 Å². The van der Waals surface area contributed by atoms with Gasteiger partial charge in [-0.3, -0.25) is 4.79 Å². The Hall–Kier alpha value is -0.870. The molecule has 1 unspecified atom stereocenters. The predicted molar refractivity (Wildman–Crippen MR) is 78.1 cm³/mol. The maximum atomic E-state index is 11.9. The minimum absolute atomic E-state index is 0.0844. The summed E-state index contributed by atoms with van der Waals surface area (Å²) in [5.74, 6) is 0.627. The molecule has 0 aliphatic heterocycles. The van der Waals surface area contributed by atoms with Crippen molar-refractivity contribution in [1.29, 1.82) is 0 Å². The van der Waals surface area contributed by atoms with Crippen molar-refractivity contribution < 1.29 is 9.90 Å². The summed E-state index contributed by atoms with van der Waals surface area (Å²) in [7, 11) is 0. The molecule has 3 nitrogen and oxygen atoms in total. The van der Waals surface area contributed by atoms with E-state index in [1.165, 1.54) is 38.5 Å². The zero-order valence-electron chi connectivity index (χ0n) is 11.3. The quantitative estimate of drug-likeness (QED) is 0.814. The van der Waals surface area contributed by atoms with Crippen LogP contribution >= 0.6 is 11.3 Å². The number of nitrogens with one attached hydrogen (secondary N) is 1. The largest absolute Gasteiger partial charge is 0.387 e. The number of hydrogen-bond donors (Lipinski definition) is 2. The highest BCUT2D eigenvalue weighted by molar-refractivity contribution is 7.07. The summed E-state index contributed by atoms with van der Waals surface area (Å²) in [5.41, 5.74) is 0.889.